The lowest BCUT2D eigenvalue weighted by molar-refractivity contribution is 0.146. The predicted molar refractivity (Wildman–Crippen MR) is 110 cm³/mol. The van der Waals surface area contributed by atoms with Gasteiger partial charge in [0.1, 0.15) is 6.04 Å². The largest absolute Gasteiger partial charge is 0.338 e. The third-order valence-electron chi connectivity index (χ3n) is 5.81. The Bertz CT molecular complexity index is 970. The zero-order chi connectivity index (χ0) is 20.6. The average molecular weight is 419 g/mol. The molecule has 2 heterocycles. The van der Waals surface area contributed by atoms with Gasteiger partial charge in [-0.1, -0.05) is 25.1 Å². The minimum Gasteiger partial charge on any atom is -0.338 e. The Labute approximate surface area is 173 Å². The van der Waals surface area contributed by atoms with Crippen LogP contribution in [0, 0.1) is 12.8 Å². The summed E-state index contributed by atoms with van der Waals surface area (Å²) < 4.78 is 34.1. The van der Waals surface area contributed by atoms with Crippen LogP contribution in [0.5, 0.6) is 0 Å². The highest BCUT2D eigenvalue weighted by Crippen LogP contribution is 2.30. The fourth-order valence-electron chi connectivity index (χ4n) is 4.45. The fourth-order valence-corrected chi connectivity index (χ4v) is 5.99. The van der Waals surface area contributed by atoms with E-state index in [-0.39, 0.29) is 6.04 Å². The van der Waals surface area contributed by atoms with Gasteiger partial charge in [0.2, 0.25) is 15.9 Å². The molecule has 7 nitrogen and oxygen atoms in total. The molecule has 1 atom stereocenters. The highest BCUT2D eigenvalue weighted by molar-refractivity contribution is 7.89. The van der Waals surface area contributed by atoms with Crippen molar-refractivity contribution in [1.82, 2.24) is 19.3 Å². The monoisotopic (exact) mass is 418 g/mol. The maximum Gasteiger partial charge on any atom is 0.245 e. The lowest BCUT2D eigenvalue weighted by atomic mass is 10.1. The van der Waals surface area contributed by atoms with Crippen LogP contribution in [-0.4, -0.2) is 53.9 Å². The summed E-state index contributed by atoms with van der Waals surface area (Å²) in [6.45, 7) is 8.61. The molecule has 1 aromatic heterocycles. The van der Waals surface area contributed by atoms with Crippen molar-refractivity contribution in [2.24, 2.45) is 5.92 Å². The minimum absolute atomic E-state index is 0.231. The van der Waals surface area contributed by atoms with Gasteiger partial charge in [-0.25, -0.2) is 8.42 Å². The van der Waals surface area contributed by atoms with E-state index in [4.69, 9.17) is 4.52 Å². The van der Waals surface area contributed by atoms with Crippen molar-refractivity contribution in [2.75, 3.05) is 26.2 Å². The number of rotatable bonds is 5. The number of sulfonamides is 1. The van der Waals surface area contributed by atoms with Crippen LogP contribution in [0.2, 0.25) is 0 Å². The maximum absolute atomic E-state index is 13.5. The van der Waals surface area contributed by atoms with Crippen molar-refractivity contribution >= 4 is 10.0 Å². The Kier molecular flexibility index (Phi) is 5.77. The molecule has 4 rings (SSSR count). The van der Waals surface area contributed by atoms with Crippen molar-refractivity contribution in [2.45, 2.75) is 57.4 Å². The molecule has 1 aliphatic carbocycles. The number of fused-ring (bicyclic) bond motifs is 1. The van der Waals surface area contributed by atoms with E-state index in [9.17, 15) is 8.42 Å². The van der Waals surface area contributed by atoms with Crippen molar-refractivity contribution in [1.29, 1.82) is 0 Å². The minimum atomic E-state index is -3.58. The van der Waals surface area contributed by atoms with Gasteiger partial charge in [-0.05, 0) is 61.8 Å². The molecule has 1 fully saturated rings. The summed E-state index contributed by atoms with van der Waals surface area (Å²) in [6, 6.07) is 5.39. The van der Waals surface area contributed by atoms with Crippen molar-refractivity contribution in [3.05, 3.63) is 41.0 Å². The summed E-state index contributed by atoms with van der Waals surface area (Å²) in [5.41, 5.74) is 2.45. The first kappa shape index (κ1) is 20.5. The summed E-state index contributed by atoms with van der Waals surface area (Å²) >= 11 is 0. The van der Waals surface area contributed by atoms with Crippen LogP contribution in [-0.2, 0) is 22.9 Å². The Balaban J connectivity index is 1.65. The Morgan fingerprint density at radius 3 is 2.69 bits per heavy atom. The van der Waals surface area contributed by atoms with Crippen molar-refractivity contribution < 1.29 is 12.9 Å². The molecule has 1 aliphatic heterocycles. The second-order valence-electron chi connectivity index (χ2n) is 8.59. The van der Waals surface area contributed by atoms with Gasteiger partial charge in [0, 0.05) is 26.2 Å². The lowest BCUT2D eigenvalue weighted by Gasteiger charge is -2.30. The molecule has 0 spiro atoms. The van der Waals surface area contributed by atoms with Crippen LogP contribution in [0.25, 0.3) is 0 Å². The zero-order valence-electron chi connectivity index (χ0n) is 17.5. The lowest BCUT2D eigenvalue weighted by Crippen LogP contribution is -2.39. The van der Waals surface area contributed by atoms with Crippen LogP contribution < -0.4 is 0 Å². The summed E-state index contributed by atoms with van der Waals surface area (Å²) in [4.78, 5) is 7.12. The molecule has 0 amide bonds. The van der Waals surface area contributed by atoms with Crippen LogP contribution in [0.4, 0.5) is 0 Å². The van der Waals surface area contributed by atoms with E-state index in [1.54, 1.807) is 17.3 Å². The van der Waals surface area contributed by atoms with Gasteiger partial charge in [0.05, 0.1) is 4.90 Å². The third kappa shape index (κ3) is 4.25. The Morgan fingerprint density at radius 2 is 1.97 bits per heavy atom. The molecule has 0 N–H and O–H groups in total. The number of nitrogens with zero attached hydrogens (tertiary/aromatic N) is 4. The fraction of sp³-hybridized carbons (Fsp3) is 0.619. The Hall–Kier alpha value is -1.77. The number of hydrogen-bond donors (Lipinski definition) is 0. The molecular weight excluding hydrogens is 388 g/mol. The number of benzene rings is 1. The molecule has 29 heavy (non-hydrogen) atoms. The first-order valence-electron chi connectivity index (χ1n) is 10.5. The number of aromatic nitrogens is 2. The first-order chi connectivity index (χ1) is 13.8. The van der Waals surface area contributed by atoms with Gasteiger partial charge in [0.15, 0.2) is 5.82 Å². The maximum atomic E-state index is 13.5. The summed E-state index contributed by atoms with van der Waals surface area (Å²) in [6.07, 6.45) is 3.89. The van der Waals surface area contributed by atoms with Gasteiger partial charge >= 0.3 is 0 Å². The molecule has 1 unspecified atom stereocenters. The second-order valence-corrected chi connectivity index (χ2v) is 10.5. The van der Waals surface area contributed by atoms with E-state index >= 15 is 0 Å². The summed E-state index contributed by atoms with van der Waals surface area (Å²) in [7, 11) is -3.58. The average Bonchev–Trinajstić information content (AvgIpc) is 3.26. The van der Waals surface area contributed by atoms with Crippen LogP contribution in [0.1, 0.15) is 55.6 Å². The van der Waals surface area contributed by atoms with E-state index in [1.165, 1.54) is 11.1 Å². The van der Waals surface area contributed by atoms with Gasteiger partial charge < -0.3 is 4.52 Å². The number of hydrogen-bond acceptors (Lipinski definition) is 6. The zero-order valence-corrected chi connectivity index (χ0v) is 18.3. The highest BCUT2D eigenvalue weighted by Gasteiger charge is 2.36. The Morgan fingerprint density at radius 1 is 1.17 bits per heavy atom. The molecular formula is C21H30N4O3S. The van der Waals surface area contributed by atoms with E-state index in [0.29, 0.717) is 35.6 Å². The molecule has 0 radical (unpaired) electrons. The highest BCUT2D eigenvalue weighted by atomic mass is 32.2. The summed E-state index contributed by atoms with van der Waals surface area (Å²) in [5, 5.41) is 3.94. The number of aryl methyl sites for hydroxylation is 3. The SMILES string of the molecule is Cc1noc(C2CN(S(=O)(=O)c3ccc4c(c3)CCC4)CCCN2CC(C)C)n1. The molecule has 2 aliphatic rings. The topological polar surface area (TPSA) is 79.5 Å². The molecule has 8 heteroatoms. The molecule has 158 valence electrons. The van der Waals surface area contributed by atoms with Crippen LogP contribution in [0.15, 0.2) is 27.6 Å². The quantitative estimate of drug-likeness (QED) is 0.743. The molecule has 0 saturated carbocycles. The van der Waals surface area contributed by atoms with Crippen LogP contribution in [0.3, 0.4) is 0 Å². The van der Waals surface area contributed by atoms with Gasteiger partial charge in [-0.3, -0.25) is 4.90 Å². The van der Waals surface area contributed by atoms with Crippen LogP contribution >= 0.6 is 0 Å². The van der Waals surface area contributed by atoms with E-state index in [0.717, 1.165) is 38.8 Å². The smallest absolute Gasteiger partial charge is 0.245 e. The third-order valence-corrected chi connectivity index (χ3v) is 7.67. The van der Waals surface area contributed by atoms with E-state index < -0.39 is 10.0 Å². The first-order valence-corrected chi connectivity index (χ1v) is 11.9. The normalized spacial score (nSPS) is 21.4. The van der Waals surface area contributed by atoms with Gasteiger partial charge in [0.25, 0.3) is 0 Å². The van der Waals surface area contributed by atoms with E-state index in [2.05, 4.69) is 28.9 Å². The molecule has 0 bridgehead atoms. The van der Waals surface area contributed by atoms with Gasteiger partial charge in [-0.2, -0.15) is 9.29 Å². The standard InChI is InChI=1S/C21H30N4O3S/c1-15(2)13-24-10-5-11-25(14-20(24)21-22-16(3)23-28-21)29(26,27)19-9-8-17-6-4-7-18(17)12-19/h8-9,12,15,20H,4-7,10-11,13-14H2,1-3H3. The molecule has 2 aromatic rings. The molecule has 1 aromatic carbocycles. The predicted octanol–water partition coefficient (Wildman–Crippen LogP) is 2.96. The van der Waals surface area contributed by atoms with Crippen molar-refractivity contribution in [3.63, 3.8) is 0 Å². The second kappa shape index (κ2) is 8.16. The van der Waals surface area contributed by atoms with Crippen molar-refractivity contribution in [3.8, 4) is 0 Å². The van der Waals surface area contributed by atoms with E-state index in [1.807, 2.05) is 12.1 Å². The molecule has 1 saturated heterocycles. The summed E-state index contributed by atoms with van der Waals surface area (Å²) in [5.74, 6) is 1.53. The van der Waals surface area contributed by atoms with Gasteiger partial charge in [-0.15, -0.1) is 0 Å².